The number of phenols is 2. The molecular weight excluding hydrogens is 528 g/mol. The van der Waals surface area contributed by atoms with Gasteiger partial charge < -0.3 is 45.2 Å². The molecule has 7 N–H and O–H groups in total. The van der Waals surface area contributed by atoms with Gasteiger partial charge in [-0.05, 0) is 78.5 Å². The van der Waals surface area contributed by atoms with Crippen molar-refractivity contribution in [1.82, 2.24) is 0 Å². The second-order valence-electron chi connectivity index (χ2n) is 10.4. The average Bonchev–Trinajstić information content (AvgIpc) is 2.95. The van der Waals surface area contributed by atoms with Crippen LogP contribution in [-0.4, -0.2) is 83.0 Å². The molecule has 0 saturated carbocycles. The van der Waals surface area contributed by atoms with Crippen LogP contribution in [0.25, 0.3) is 0 Å². The summed E-state index contributed by atoms with van der Waals surface area (Å²) in [6.07, 6.45) is 3.17. The monoisotopic (exact) mass is 574 g/mol. The van der Waals surface area contributed by atoms with Crippen LogP contribution in [0.5, 0.6) is 11.5 Å². The molecule has 0 aliphatic carbocycles. The second-order valence-corrected chi connectivity index (χ2v) is 10.4. The summed E-state index contributed by atoms with van der Waals surface area (Å²) in [6.45, 7) is 3.40. The number of methoxy groups -OCH3 is 2. The molecule has 228 valence electrons. The van der Waals surface area contributed by atoms with Gasteiger partial charge in [0, 0.05) is 57.2 Å². The molecule has 9 heteroatoms. The fraction of sp³-hybridized carbons (Fsp3) is 0.500. The number of benzene rings is 2. The van der Waals surface area contributed by atoms with Crippen LogP contribution < -0.4 is 0 Å². The van der Waals surface area contributed by atoms with E-state index in [-0.39, 0.29) is 76.2 Å². The highest BCUT2D eigenvalue weighted by atomic mass is 16.5. The molecular formula is C32H46O9. The Morgan fingerprint density at radius 2 is 1.22 bits per heavy atom. The van der Waals surface area contributed by atoms with Crippen molar-refractivity contribution in [3.8, 4) is 11.5 Å². The molecule has 0 bridgehead atoms. The Balaban J connectivity index is 2.92. The smallest absolute Gasteiger partial charge is 0.124 e. The number of hydrogen-bond donors (Lipinski definition) is 7. The van der Waals surface area contributed by atoms with E-state index in [1.807, 2.05) is 37.3 Å². The number of hydrogen-bond acceptors (Lipinski definition) is 9. The maximum Gasteiger partial charge on any atom is 0.124 e. The molecule has 0 aliphatic heterocycles. The quantitative estimate of drug-likeness (QED) is 0.111. The minimum atomic E-state index is -0.813. The van der Waals surface area contributed by atoms with Crippen molar-refractivity contribution >= 4 is 0 Å². The summed E-state index contributed by atoms with van der Waals surface area (Å²) < 4.78 is 10.7. The van der Waals surface area contributed by atoms with E-state index in [9.17, 15) is 35.7 Å². The van der Waals surface area contributed by atoms with Crippen molar-refractivity contribution in [3.05, 3.63) is 80.6 Å². The van der Waals surface area contributed by atoms with E-state index < -0.39 is 5.41 Å². The van der Waals surface area contributed by atoms with E-state index in [0.717, 1.165) is 11.1 Å². The number of aliphatic hydroxyl groups is 5. The van der Waals surface area contributed by atoms with Crippen LogP contribution in [-0.2, 0) is 40.8 Å². The Morgan fingerprint density at radius 3 is 1.63 bits per heavy atom. The predicted octanol–water partition coefficient (Wildman–Crippen LogP) is 3.33. The summed E-state index contributed by atoms with van der Waals surface area (Å²) in [4.78, 5) is 0. The van der Waals surface area contributed by atoms with Gasteiger partial charge >= 0.3 is 0 Å². The zero-order valence-corrected chi connectivity index (χ0v) is 24.6. The van der Waals surface area contributed by atoms with Crippen LogP contribution in [0.3, 0.4) is 0 Å². The Bertz CT molecular complexity index is 1080. The normalized spacial score (nSPS) is 14.2. The number of allylic oxidation sites excluding steroid dienone is 1. The summed E-state index contributed by atoms with van der Waals surface area (Å²) in [5.41, 5.74) is 4.11. The molecule has 2 aromatic carbocycles. The van der Waals surface area contributed by atoms with Crippen LogP contribution in [0.2, 0.25) is 0 Å². The number of ether oxygens (including phenoxy) is 2. The highest BCUT2D eigenvalue weighted by Gasteiger charge is 2.32. The first-order chi connectivity index (χ1) is 19.6. The van der Waals surface area contributed by atoms with E-state index in [2.05, 4.69) is 0 Å². The zero-order chi connectivity index (χ0) is 30.6. The molecule has 41 heavy (non-hydrogen) atoms. The maximum absolute atomic E-state index is 11.0. The van der Waals surface area contributed by atoms with Gasteiger partial charge in [0.15, 0.2) is 0 Å². The van der Waals surface area contributed by atoms with Gasteiger partial charge in [0.2, 0.25) is 0 Å². The van der Waals surface area contributed by atoms with E-state index in [1.165, 1.54) is 14.2 Å². The lowest BCUT2D eigenvalue weighted by Crippen LogP contribution is -2.25. The van der Waals surface area contributed by atoms with Gasteiger partial charge in [-0.2, -0.15) is 0 Å². The SMILES string of the molecule is COCC(=C/CC(C)(c1cc(CCO)c(O)c(CCO)c1)c1cc(CCO)c(O)c(COC)c1)/C(O)=C(\C)CCO. The Labute approximate surface area is 242 Å². The van der Waals surface area contributed by atoms with E-state index in [0.29, 0.717) is 46.2 Å². The van der Waals surface area contributed by atoms with Crippen LogP contribution in [0.1, 0.15) is 60.1 Å². The maximum atomic E-state index is 11.0. The fourth-order valence-corrected chi connectivity index (χ4v) is 5.03. The minimum Gasteiger partial charge on any atom is -0.508 e. The number of phenolic OH excluding ortho intramolecular Hbond substituents is 2. The van der Waals surface area contributed by atoms with E-state index >= 15 is 0 Å². The van der Waals surface area contributed by atoms with Crippen LogP contribution in [0, 0.1) is 0 Å². The lowest BCUT2D eigenvalue weighted by Gasteiger charge is -2.33. The van der Waals surface area contributed by atoms with Crippen molar-refractivity contribution in [2.75, 3.05) is 47.3 Å². The summed E-state index contributed by atoms with van der Waals surface area (Å²) in [5, 5.41) is 71.2. The highest BCUT2D eigenvalue weighted by Crippen LogP contribution is 2.42. The molecule has 1 atom stereocenters. The van der Waals surface area contributed by atoms with E-state index in [1.54, 1.807) is 6.92 Å². The lowest BCUT2D eigenvalue weighted by molar-refractivity contribution is 0.181. The van der Waals surface area contributed by atoms with Gasteiger partial charge in [0.05, 0.1) is 13.2 Å². The minimum absolute atomic E-state index is 0.0294. The van der Waals surface area contributed by atoms with Gasteiger partial charge in [-0.15, -0.1) is 0 Å². The number of aliphatic hydroxyl groups excluding tert-OH is 5. The molecule has 0 heterocycles. The van der Waals surface area contributed by atoms with E-state index in [4.69, 9.17) is 9.47 Å². The Morgan fingerprint density at radius 1 is 0.756 bits per heavy atom. The highest BCUT2D eigenvalue weighted by molar-refractivity contribution is 5.53. The van der Waals surface area contributed by atoms with Gasteiger partial charge in [0.1, 0.15) is 17.3 Å². The molecule has 0 amide bonds. The second kappa shape index (κ2) is 16.5. The van der Waals surface area contributed by atoms with Gasteiger partial charge in [-0.1, -0.05) is 31.2 Å². The summed E-state index contributed by atoms with van der Waals surface area (Å²) in [7, 11) is 3.06. The van der Waals surface area contributed by atoms with Crippen molar-refractivity contribution < 1.29 is 45.2 Å². The summed E-state index contributed by atoms with van der Waals surface area (Å²) >= 11 is 0. The average molecular weight is 575 g/mol. The largest absolute Gasteiger partial charge is 0.508 e. The molecule has 2 aromatic rings. The summed E-state index contributed by atoms with van der Waals surface area (Å²) in [6, 6.07) is 7.35. The molecule has 1 unspecified atom stereocenters. The standard InChI is InChI=1S/C32H46O9/c1-21(6-11-33)29(37)25(19-40-3)5-10-32(2,27-15-22(7-12-34)30(38)23(16-27)8-13-35)28-17-24(9-14-36)31(39)26(18-28)20-41-4/h5,15-18,33-39H,6-14,19-20H2,1-4H3/b25-5-,29-21-. The van der Waals surface area contributed by atoms with Crippen molar-refractivity contribution in [2.45, 2.75) is 58.0 Å². The van der Waals surface area contributed by atoms with Gasteiger partial charge in [0.25, 0.3) is 0 Å². The third kappa shape index (κ3) is 8.54. The number of aromatic hydroxyl groups is 2. The predicted molar refractivity (Wildman–Crippen MR) is 157 cm³/mol. The first-order valence-electron chi connectivity index (χ1n) is 13.8. The first kappa shape index (κ1) is 34.3. The lowest BCUT2D eigenvalue weighted by atomic mass is 9.71. The molecule has 0 aliphatic rings. The third-order valence-corrected chi connectivity index (χ3v) is 7.50. The van der Waals surface area contributed by atoms with Gasteiger partial charge in [-0.3, -0.25) is 0 Å². The Hall–Kier alpha value is -2.92. The first-order valence-corrected chi connectivity index (χ1v) is 13.8. The molecule has 2 rings (SSSR count). The van der Waals surface area contributed by atoms with Crippen LogP contribution in [0.15, 0.2) is 47.2 Å². The van der Waals surface area contributed by atoms with Crippen molar-refractivity contribution in [2.24, 2.45) is 0 Å². The fourth-order valence-electron chi connectivity index (χ4n) is 5.03. The molecule has 9 nitrogen and oxygen atoms in total. The zero-order valence-electron chi connectivity index (χ0n) is 24.6. The van der Waals surface area contributed by atoms with Crippen LogP contribution in [0.4, 0.5) is 0 Å². The molecule has 0 radical (unpaired) electrons. The van der Waals surface area contributed by atoms with Crippen molar-refractivity contribution in [1.29, 1.82) is 0 Å². The third-order valence-electron chi connectivity index (χ3n) is 7.50. The molecule has 0 saturated heterocycles. The van der Waals surface area contributed by atoms with Crippen LogP contribution >= 0.6 is 0 Å². The molecule has 0 fully saturated rings. The number of rotatable bonds is 17. The molecule has 0 spiro atoms. The summed E-state index contributed by atoms with van der Waals surface area (Å²) in [5.74, 6) is 0.125. The topological polar surface area (TPSA) is 160 Å². The Kier molecular flexibility index (Phi) is 13.8. The molecule has 0 aromatic heterocycles. The van der Waals surface area contributed by atoms with Gasteiger partial charge in [-0.25, -0.2) is 0 Å². The van der Waals surface area contributed by atoms with Crippen molar-refractivity contribution in [3.63, 3.8) is 0 Å².